The zero-order valence-electron chi connectivity index (χ0n) is 14.4. The van der Waals surface area contributed by atoms with Crippen molar-refractivity contribution in [2.24, 2.45) is 0 Å². The number of para-hydroxylation sites is 1. The normalized spacial score (nSPS) is 10.7. The number of halogens is 1. The first kappa shape index (κ1) is 19.2. The van der Waals surface area contributed by atoms with E-state index in [4.69, 9.17) is 14.6 Å². The van der Waals surface area contributed by atoms with Crippen LogP contribution in [0.4, 0.5) is 4.39 Å². The van der Waals surface area contributed by atoms with Gasteiger partial charge in [-0.1, -0.05) is 30.3 Å². The Morgan fingerprint density at radius 3 is 2.48 bits per heavy atom. The number of hydrogen-bond donors (Lipinski definition) is 3. The lowest BCUT2D eigenvalue weighted by atomic mass is 10.1. The fourth-order valence-corrected chi connectivity index (χ4v) is 2.39. The monoisotopic (exact) mass is 348 g/mol. The molecule has 0 radical (unpaired) electrons. The minimum atomic E-state index is -0.285. The van der Waals surface area contributed by atoms with E-state index in [0.29, 0.717) is 30.2 Å². The second-order valence-electron chi connectivity index (χ2n) is 5.48. The van der Waals surface area contributed by atoms with E-state index in [2.05, 4.69) is 10.6 Å². The maximum atomic E-state index is 13.8. The highest BCUT2D eigenvalue weighted by Gasteiger charge is 2.11. The minimum Gasteiger partial charge on any atom is -0.493 e. The SMILES string of the molecule is COc1cccc(CNCCNCCO)c1OCc1ccccc1F. The molecule has 2 rings (SSSR count). The third-order valence-corrected chi connectivity index (χ3v) is 3.69. The van der Waals surface area contributed by atoms with Gasteiger partial charge < -0.3 is 25.2 Å². The van der Waals surface area contributed by atoms with Crippen molar-refractivity contribution in [2.45, 2.75) is 13.2 Å². The van der Waals surface area contributed by atoms with Gasteiger partial charge in [0.2, 0.25) is 0 Å². The molecule has 0 spiro atoms. The molecule has 0 saturated carbocycles. The van der Waals surface area contributed by atoms with Gasteiger partial charge in [0.15, 0.2) is 11.5 Å². The van der Waals surface area contributed by atoms with Crippen molar-refractivity contribution in [1.82, 2.24) is 10.6 Å². The van der Waals surface area contributed by atoms with Crippen LogP contribution in [0.3, 0.4) is 0 Å². The predicted octanol–water partition coefficient (Wildman–Crippen LogP) is 2.08. The molecule has 0 aliphatic heterocycles. The van der Waals surface area contributed by atoms with Gasteiger partial charge in [-0.15, -0.1) is 0 Å². The lowest BCUT2D eigenvalue weighted by molar-refractivity contribution is 0.276. The summed E-state index contributed by atoms with van der Waals surface area (Å²) < 4.78 is 25.0. The molecule has 0 fully saturated rings. The van der Waals surface area contributed by atoms with Crippen LogP contribution in [-0.4, -0.2) is 38.5 Å². The van der Waals surface area contributed by atoms with Gasteiger partial charge >= 0.3 is 0 Å². The molecular weight excluding hydrogens is 323 g/mol. The molecule has 2 aromatic carbocycles. The second kappa shape index (κ2) is 10.7. The Kier molecular flexibility index (Phi) is 8.18. The molecule has 0 unspecified atom stereocenters. The average Bonchev–Trinajstić information content (AvgIpc) is 2.64. The average molecular weight is 348 g/mol. The maximum Gasteiger partial charge on any atom is 0.166 e. The Morgan fingerprint density at radius 2 is 1.72 bits per heavy atom. The molecule has 0 bridgehead atoms. The lowest BCUT2D eigenvalue weighted by Gasteiger charge is -2.16. The Hall–Kier alpha value is -2.15. The van der Waals surface area contributed by atoms with Gasteiger partial charge in [-0.2, -0.15) is 0 Å². The van der Waals surface area contributed by atoms with E-state index in [-0.39, 0.29) is 19.0 Å². The summed E-state index contributed by atoms with van der Waals surface area (Å²) in [6.07, 6.45) is 0. The molecule has 136 valence electrons. The largest absolute Gasteiger partial charge is 0.493 e. The molecule has 0 aliphatic rings. The third kappa shape index (κ3) is 6.01. The molecule has 0 aromatic heterocycles. The fourth-order valence-electron chi connectivity index (χ4n) is 2.39. The molecule has 0 heterocycles. The summed E-state index contributed by atoms with van der Waals surface area (Å²) in [6, 6.07) is 12.2. The van der Waals surface area contributed by atoms with Crippen molar-refractivity contribution >= 4 is 0 Å². The number of nitrogens with one attached hydrogen (secondary N) is 2. The minimum absolute atomic E-state index is 0.129. The quantitative estimate of drug-likeness (QED) is 0.543. The van der Waals surface area contributed by atoms with Crippen LogP contribution in [0.25, 0.3) is 0 Å². The van der Waals surface area contributed by atoms with Crippen LogP contribution in [0.1, 0.15) is 11.1 Å². The van der Waals surface area contributed by atoms with Gasteiger partial charge in [-0.25, -0.2) is 4.39 Å². The summed E-state index contributed by atoms with van der Waals surface area (Å²) in [4.78, 5) is 0. The third-order valence-electron chi connectivity index (χ3n) is 3.69. The number of rotatable bonds is 11. The number of ether oxygens (including phenoxy) is 2. The van der Waals surface area contributed by atoms with Crippen LogP contribution in [0.5, 0.6) is 11.5 Å². The van der Waals surface area contributed by atoms with Crippen molar-refractivity contribution in [3.05, 3.63) is 59.4 Å². The van der Waals surface area contributed by atoms with Gasteiger partial charge in [0.05, 0.1) is 13.7 Å². The van der Waals surface area contributed by atoms with E-state index >= 15 is 0 Å². The van der Waals surface area contributed by atoms with Crippen molar-refractivity contribution in [3.63, 3.8) is 0 Å². The van der Waals surface area contributed by atoms with Crippen molar-refractivity contribution in [3.8, 4) is 11.5 Å². The highest BCUT2D eigenvalue weighted by atomic mass is 19.1. The van der Waals surface area contributed by atoms with Crippen molar-refractivity contribution < 1.29 is 19.0 Å². The molecule has 0 amide bonds. The fraction of sp³-hybridized carbons (Fsp3) is 0.368. The van der Waals surface area contributed by atoms with Gasteiger partial charge in [0, 0.05) is 37.3 Å². The van der Waals surface area contributed by atoms with Crippen LogP contribution < -0.4 is 20.1 Å². The smallest absolute Gasteiger partial charge is 0.166 e. The van der Waals surface area contributed by atoms with Crippen molar-refractivity contribution in [1.29, 1.82) is 0 Å². The summed E-state index contributed by atoms with van der Waals surface area (Å²) in [7, 11) is 1.58. The van der Waals surface area contributed by atoms with Crippen LogP contribution in [0.2, 0.25) is 0 Å². The van der Waals surface area contributed by atoms with Crippen LogP contribution in [0.15, 0.2) is 42.5 Å². The Morgan fingerprint density at radius 1 is 0.960 bits per heavy atom. The molecular formula is C19H25FN2O3. The highest BCUT2D eigenvalue weighted by Crippen LogP contribution is 2.32. The van der Waals surface area contributed by atoms with E-state index in [0.717, 1.165) is 18.7 Å². The summed E-state index contributed by atoms with van der Waals surface area (Å²) in [5.74, 6) is 0.949. The van der Waals surface area contributed by atoms with Crippen LogP contribution >= 0.6 is 0 Å². The van der Waals surface area contributed by atoms with Crippen LogP contribution in [-0.2, 0) is 13.2 Å². The molecule has 25 heavy (non-hydrogen) atoms. The van der Waals surface area contributed by atoms with E-state index in [1.165, 1.54) is 6.07 Å². The first-order valence-electron chi connectivity index (χ1n) is 8.30. The van der Waals surface area contributed by atoms with E-state index < -0.39 is 0 Å². The van der Waals surface area contributed by atoms with E-state index in [1.807, 2.05) is 18.2 Å². The molecule has 3 N–H and O–H groups in total. The lowest BCUT2D eigenvalue weighted by Crippen LogP contribution is -2.28. The summed E-state index contributed by atoms with van der Waals surface area (Å²) in [5, 5.41) is 15.1. The van der Waals surface area contributed by atoms with E-state index in [1.54, 1.807) is 25.3 Å². The first-order valence-corrected chi connectivity index (χ1v) is 8.30. The summed E-state index contributed by atoms with van der Waals surface area (Å²) >= 11 is 0. The van der Waals surface area contributed by atoms with E-state index in [9.17, 15) is 4.39 Å². The standard InChI is InChI=1S/C19H25FN2O3/c1-24-18-8-4-6-15(13-22-10-9-21-11-12-23)19(18)25-14-16-5-2-3-7-17(16)20/h2-8,21-23H,9-14H2,1H3. The molecule has 2 aromatic rings. The summed E-state index contributed by atoms with van der Waals surface area (Å²) in [6.45, 7) is 2.96. The predicted molar refractivity (Wildman–Crippen MR) is 95.4 cm³/mol. The molecule has 5 nitrogen and oxygen atoms in total. The topological polar surface area (TPSA) is 62.8 Å². The van der Waals surface area contributed by atoms with Crippen LogP contribution in [0, 0.1) is 5.82 Å². The number of hydrogen-bond acceptors (Lipinski definition) is 5. The first-order chi connectivity index (χ1) is 12.3. The number of aliphatic hydroxyl groups excluding tert-OH is 1. The Labute approximate surface area is 147 Å². The second-order valence-corrected chi connectivity index (χ2v) is 5.48. The number of benzene rings is 2. The van der Waals surface area contributed by atoms with Gasteiger partial charge in [0.1, 0.15) is 12.4 Å². The zero-order chi connectivity index (χ0) is 17.9. The Balaban J connectivity index is 1.98. The van der Waals surface area contributed by atoms with Gasteiger partial charge in [-0.05, 0) is 12.1 Å². The molecule has 6 heteroatoms. The zero-order valence-corrected chi connectivity index (χ0v) is 14.4. The summed E-state index contributed by atoms with van der Waals surface area (Å²) in [5.41, 5.74) is 1.44. The van der Waals surface area contributed by atoms with Crippen molar-refractivity contribution in [2.75, 3.05) is 33.4 Å². The number of methoxy groups -OCH3 is 1. The van der Waals surface area contributed by atoms with Gasteiger partial charge in [-0.3, -0.25) is 0 Å². The highest BCUT2D eigenvalue weighted by molar-refractivity contribution is 5.46. The molecule has 0 saturated heterocycles. The molecule has 0 atom stereocenters. The number of aliphatic hydroxyl groups is 1. The Bertz CT molecular complexity index is 652. The molecule has 0 aliphatic carbocycles. The maximum absolute atomic E-state index is 13.8. The van der Waals surface area contributed by atoms with Gasteiger partial charge in [0.25, 0.3) is 0 Å².